The summed E-state index contributed by atoms with van der Waals surface area (Å²) in [5, 5.41) is 1.19. The van der Waals surface area contributed by atoms with Crippen LogP contribution in [0, 0.1) is 5.92 Å². The Morgan fingerprint density at radius 2 is 1.66 bits per heavy atom. The van der Waals surface area contributed by atoms with Gasteiger partial charge >= 0.3 is 0 Å². The van der Waals surface area contributed by atoms with Crippen LogP contribution in [-0.4, -0.2) is 46.2 Å². The minimum absolute atomic E-state index is 0.00111. The van der Waals surface area contributed by atoms with Crippen molar-refractivity contribution in [3.8, 4) is 0 Å². The number of amides is 2. The van der Waals surface area contributed by atoms with E-state index in [-0.39, 0.29) is 18.4 Å². The number of aromatic amines is 1. The zero-order valence-corrected chi connectivity index (χ0v) is 19.5. The number of rotatable bonds is 11. The highest BCUT2D eigenvalue weighted by Gasteiger charge is 2.22. The maximum absolute atomic E-state index is 13.4. The lowest BCUT2D eigenvalue weighted by Gasteiger charge is -2.29. The summed E-state index contributed by atoms with van der Waals surface area (Å²) in [6.45, 7) is 8.04. The topological polar surface area (TPSA) is 56.4 Å². The second-order valence-electron chi connectivity index (χ2n) is 8.83. The van der Waals surface area contributed by atoms with Crippen LogP contribution in [0.15, 0.2) is 60.8 Å². The number of nitrogens with zero attached hydrogens (tertiary/aromatic N) is 2. The van der Waals surface area contributed by atoms with Crippen molar-refractivity contribution >= 4 is 22.7 Å². The maximum atomic E-state index is 13.4. The maximum Gasteiger partial charge on any atom is 0.242 e. The van der Waals surface area contributed by atoms with E-state index < -0.39 is 0 Å². The van der Waals surface area contributed by atoms with Crippen molar-refractivity contribution in [3.05, 3.63) is 71.9 Å². The molecule has 1 N–H and O–H groups in total. The van der Waals surface area contributed by atoms with Crippen LogP contribution in [0.3, 0.4) is 0 Å². The van der Waals surface area contributed by atoms with Gasteiger partial charge in [-0.05, 0) is 36.0 Å². The highest BCUT2D eigenvalue weighted by molar-refractivity contribution is 5.85. The van der Waals surface area contributed by atoms with Crippen LogP contribution >= 0.6 is 0 Å². The standard InChI is InChI=1S/C27H35N3O2/c1-4-10-26(31)30(18-21(2)3)20-27(32)29(19-22-11-6-5-7-12-22)16-15-23-17-28-25-14-9-8-13-24(23)25/h5-9,11-14,17,21,28H,4,10,15-16,18-20H2,1-3H3. The van der Waals surface area contributed by atoms with Gasteiger partial charge in [0.1, 0.15) is 0 Å². The van der Waals surface area contributed by atoms with Gasteiger partial charge in [-0.2, -0.15) is 0 Å². The lowest BCUT2D eigenvalue weighted by molar-refractivity contribution is -0.141. The van der Waals surface area contributed by atoms with Crippen LogP contribution in [0.5, 0.6) is 0 Å². The highest BCUT2D eigenvalue weighted by atomic mass is 16.2. The molecule has 5 heteroatoms. The molecule has 0 bridgehead atoms. The molecule has 3 rings (SSSR count). The molecule has 5 nitrogen and oxygen atoms in total. The summed E-state index contributed by atoms with van der Waals surface area (Å²) in [6.07, 6.45) is 4.06. The molecule has 170 valence electrons. The first-order valence-corrected chi connectivity index (χ1v) is 11.6. The molecule has 0 saturated heterocycles. The summed E-state index contributed by atoms with van der Waals surface area (Å²) < 4.78 is 0. The fourth-order valence-corrected chi connectivity index (χ4v) is 4.02. The van der Waals surface area contributed by atoms with Gasteiger partial charge in [0.05, 0.1) is 6.54 Å². The Hall–Kier alpha value is -3.08. The van der Waals surface area contributed by atoms with Gasteiger partial charge in [-0.1, -0.05) is 69.3 Å². The second kappa shape index (κ2) is 11.5. The molecular formula is C27H35N3O2. The minimum Gasteiger partial charge on any atom is -0.361 e. The Labute approximate surface area is 191 Å². The average molecular weight is 434 g/mol. The van der Waals surface area contributed by atoms with E-state index in [9.17, 15) is 9.59 Å². The van der Waals surface area contributed by atoms with E-state index >= 15 is 0 Å². The molecule has 0 saturated carbocycles. The fraction of sp³-hybridized carbons (Fsp3) is 0.407. The summed E-state index contributed by atoms with van der Waals surface area (Å²) in [6, 6.07) is 18.3. The highest BCUT2D eigenvalue weighted by Crippen LogP contribution is 2.19. The molecular weight excluding hydrogens is 398 g/mol. The van der Waals surface area contributed by atoms with Crippen molar-refractivity contribution < 1.29 is 9.59 Å². The fourth-order valence-electron chi connectivity index (χ4n) is 4.02. The Kier molecular flexibility index (Phi) is 8.48. The summed E-state index contributed by atoms with van der Waals surface area (Å²) in [7, 11) is 0. The average Bonchev–Trinajstić information content (AvgIpc) is 3.20. The monoisotopic (exact) mass is 433 g/mol. The number of carbonyl (C=O) groups is 2. The van der Waals surface area contributed by atoms with Crippen LogP contribution in [0.2, 0.25) is 0 Å². The van der Waals surface area contributed by atoms with Crippen LogP contribution in [0.25, 0.3) is 10.9 Å². The van der Waals surface area contributed by atoms with E-state index in [0.717, 1.165) is 23.9 Å². The molecule has 1 aromatic heterocycles. The van der Waals surface area contributed by atoms with Gasteiger partial charge in [-0.25, -0.2) is 0 Å². The smallest absolute Gasteiger partial charge is 0.242 e. The van der Waals surface area contributed by atoms with Crippen LogP contribution in [0.1, 0.15) is 44.7 Å². The van der Waals surface area contributed by atoms with Gasteiger partial charge in [0.2, 0.25) is 11.8 Å². The minimum atomic E-state index is -0.00111. The Morgan fingerprint density at radius 3 is 2.38 bits per heavy atom. The third-order valence-electron chi connectivity index (χ3n) is 5.62. The number of hydrogen-bond acceptors (Lipinski definition) is 2. The SMILES string of the molecule is CCCC(=O)N(CC(=O)N(CCc1c[nH]c2ccccc12)Cc1ccccc1)CC(C)C. The van der Waals surface area contributed by atoms with Crippen molar-refractivity contribution in [3.63, 3.8) is 0 Å². The number of hydrogen-bond donors (Lipinski definition) is 1. The molecule has 1 heterocycles. The van der Waals surface area contributed by atoms with Gasteiger partial charge in [0.25, 0.3) is 0 Å². The predicted octanol–water partition coefficient (Wildman–Crippen LogP) is 5.02. The van der Waals surface area contributed by atoms with Crippen molar-refractivity contribution in [2.24, 2.45) is 5.92 Å². The first-order valence-electron chi connectivity index (χ1n) is 11.6. The van der Waals surface area contributed by atoms with E-state index in [1.54, 1.807) is 4.90 Å². The second-order valence-corrected chi connectivity index (χ2v) is 8.83. The number of nitrogens with one attached hydrogen (secondary N) is 1. The largest absolute Gasteiger partial charge is 0.361 e. The predicted molar refractivity (Wildman–Crippen MR) is 130 cm³/mol. The first kappa shape index (κ1) is 23.6. The number of para-hydroxylation sites is 1. The first-order chi connectivity index (χ1) is 15.5. The quantitative estimate of drug-likeness (QED) is 0.461. The summed E-state index contributed by atoms with van der Waals surface area (Å²) in [5.74, 6) is 0.377. The van der Waals surface area contributed by atoms with Crippen LogP contribution in [0.4, 0.5) is 0 Å². The Bertz CT molecular complexity index is 1010. The Morgan fingerprint density at radius 1 is 0.938 bits per heavy atom. The number of benzene rings is 2. The van der Waals surface area contributed by atoms with Gasteiger partial charge in [0, 0.05) is 43.2 Å². The van der Waals surface area contributed by atoms with Gasteiger partial charge < -0.3 is 14.8 Å². The summed E-state index contributed by atoms with van der Waals surface area (Å²) in [4.78, 5) is 33.0. The van der Waals surface area contributed by atoms with Gasteiger partial charge in [0.15, 0.2) is 0 Å². The third-order valence-corrected chi connectivity index (χ3v) is 5.62. The van der Waals surface area contributed by atoms with Crippen molar-refractivity contribution in [1.29, 1.82) is 0 Å². The van der Waals surface area contributed by atoms with Crippen molar-refractivity contribution in [2.75, 3.05) is 19.6 Å². The van der Waals surface area contributed by atoms with Crippen LogP contribution < -0.4 is 0 Å². The number of H-pyrrole nitrogens is 1. The molecule has 0 aliphatic rings. The number of aromatic nitrogens is 1. The molecule has 0 unspecified atom stereocenters. The summed E-state index contributed by atoms with van der Waals surface area (Å²) >= 11 is 0. The number of carbonyl (C=O) groups excluding carboxylic acids is 2. The van der Waals surface area contributed by atoms with Gasteiger partial charge in [-0.3, -0.25) is 9.59 Å². The molecule has 2 amide bonds. The van der Waals surface area contributed by atoms with E-state index in [1.165, 1.54) is 10.9 Å². The zero-order chi connectivity index (χ0) is 22.9. The molecule has 0 aliphatic carbocycles. The molecule has 0 aliphatic heterocycles. The van der Waals surface area contributed by atoms with Crippen molar-refractivity contribution in [2.45, 2.75) is 46.6 Å². The van der Waals surface area contributed by atoms with Gasteiger partial charge in [-0.15, -0.1) is 0 Å². The van der Waals surface area contributed by atoms with E-state index in [4.69, 9.17) is 0 Å². The molecule has 0 spiro atoms. The normalized spacial score (nSPS) is 11.1. The molecule has 32 heavy (non-hydrogen) atoms. The van der Waals surface area contributed by atoms with E-state index in [2.05, 4.69) is 31.0 Å². The molecule has 3 aromatic rings. The zero-order valence-electron chi connectivity index (χ0n) is 19.5. The van der Waals surface area contributed by atoms with E-state index in [0.29, 0.717) is 32.0 Å². The molecule has 0 fully saturated rings. The van der Waals surface area contributed by atoms with Crippen molar-refractivity contribution in [1.82, 2.24) is 14.8 Å². The third kappa shape index (κ3) is 6.46. The lowest BCUT2D eigenvalue weighted by Crippen LogP contribution is -2.44. The van der Waals surface area contributed by atoms with E-state index in [1.807, 2.05) is 60.5 Å². The molecule has 0 atom stereocenters. The lowest BCUT2D eigenvalue weighted by atomic mass is 10.1. The molecule has 2 aromatic carbocycles. The number of fused-ring (bicyclic) bond motifs is 1. The van der Waals surface area contributed by atoms with Crippen LogP contribution in [-0.2, 0) is 22.6 Å². The Balaban J connectivity index is 1.76. The molecule has 0 radical (unpaired) electrons. The summed E-state index contributed by atoms with van der Waals surface area (Å²) in [5.41, 5.74) is 3.40.